The molecule has 0 atom stereocenters. The van der Waals surface area contributed by atoms with E-state index in [-0.39, 0.29) is 16.3 Å². The van der Waals surface area contributed by atoms with Gasteiger partial charge in [0.2, 0.25) is 0 Å². The van der Waals surface area contributed by atoms with Gasteiger partial charge in [0.15, 0.2) is 0 Å². The maximum absolute atomic E-state index is 11.2. The van der Waals surface area contributed by atoms with Gasteiger partial charge in [-0.05, 0) is 61.0 Å². The Balaban J connectivity index is 1.84. The van der Waals surface area contributed by atoms with Gasteiger partial charge in [0, 0.05) is 6.07 Å². The predicted molar refractivity (Wildman–Crippen MR) is 110 cm³/mol. The molecule has 3 aromatic rings. The summed E-state index contributed by atoms with van der Waals surface area (Å²) in [6.45, 7) is 1.81. The van der Waals surface area contributed by atoms with Crippen molar-refractivity contribution in [2.45, 2.75) is 11.8 Å². The summed E-state index contributed by atoms with van der Waals surface area (Å²) >= 11 is 0. The van der Waals surface area contributed by atoms with Gasteiger partial charge in [-0.2, -0.15) is 23.8 Å². The van der Waals surface area contributed by atoms with Crippen LogP contribution in [0.5, 0.6) is 11.5 Å². The Bertz CT molecular complexity index is 1240. The summed E-state index contributed by atoms with van der Waals surface area (Å²) in [6, 6.07) is 15.2. The molecule has 0 unspecified atom stereocenters. The average molecular weight is 426 g/mol. The molecule has 0 amide bonds. The SMILES string of the molecule is COc1cc(N=Nc2cccc(S(=O)(=O)O)c2)ccc1N=Nc1ccc(O)cc1C. The smallest absolute Gasteiger partial charge is 0.294 e. The van der Waals surface area contributed by atoms with E-state index < -0.39 is 10.1 Å². The van der Waals surface area contributed by atoms with Crippen molar-refractivity contribution in [2.75, 3.05) is 7.11 Å². The quantitative estimate of drug-likeness (QED) is 0.380. The molecule has 0 saturated heterocycles. The van der Waals surface area contributed by atoms with Gasteiger partial charge in [-0.25, -0.2) is 0 Å². The third-order valence-corrected chi connectivity index (χ3v) is 4.86. The summed E-state index contributed by atoms with van der Waals surface area (Å²) in [5.74, 6) is 0.569. The van der Waals surface area contributed by atoms with E-state index in [1.54, 1.807) is 36.4 Å². The summed E-state index contributed by atoms with van der Waals surface area (Å²) in [6.07, 6.45) is 0. The van der Waals surface area contributed by atoms with Crippen LogP contribution in [0.25, 0.3) is 0 Å². The summed E-state index contributed by atoms with van der Waals surface area (Å²) in [5.41, 5.74) is 2.56. The first kappa shape index (κ1) is 21.1. The van der Waals surface area contributed by atoms with Gasteiger partial charge in [-0.3, -0.25) is 4.55 Å². The third kappa shape index (κ3) is 5.25. The molecular weight excluding hydrogens is 408 g/mol. The number of aromatic hydroxyl groups is 1. The van der Waals surface area contributed by atoms with E-state index in [0.29, 0.717) is 22.8 Å². The normalized spacial score (nSPS) is 12.0. The van der Waals surface area contributed by atoms with Crippen LogP contribution in [-0.4, -0.2) is 25.2 Å². The first-order valence-corrected chi connectivity index (χ1v) is 10.1. The summed E-state index contributed by atoms with van der Waals surface area (Å²) in [4.78, 5) is -0.267. The zero-order valence-corrected chi connectivity index (χ0v) is 16.9. The predicted octanol–water partition coefficient (Wildman–Crippen LogP) is 5.79. The molecule has 3 rings (SSSR count). The molecule has 9 nitrogen and oxygen atoms in total. The Morgan fingerprint density at radius 2 is 1.50 bits per heavy atom. The Hall–Kier alpha value is -3.63. The summed E-state index contributed by atoms with van der Waals surface area (Å²) in [7, 11) is -2.83. The molecule has 154 valence electrons. The van der Waals surface area contributed by atoms with Crippen molar-refractivity contribution in [1.29, 1.82) is 0 Å². The van der Waals surface area contributed by atoms with Crippen molar-refractivity contribution in [3.05, 3.63) is 66.2 Å². The molecule has 0 saturated carbocycles. The molecule has 0 spiro atoms. The molecule has 10 heteroatoms. The monoisotopic (exact) mass is 426 g/mol. The fourth-order valence-electron chi connectivity index (χ4n) is 2.49. The lowest BCUT2D eigenvalue weighted by Gasteiger charge is -2.05. The van der Waals surface area contributed by atoms with Gasteiger partial charge in [0.1, 0.15) is 17.2 Å². The Morgan fingerprint density at radius 1 is 0.833 bits per heavy atom. The number of azo groups is 2. The number of phenols is 1. The summed E-state index contributed by atoms with van der Waals surface area (Å²) in [5, 5.41) is 25.9. The van der Waals surface area contributed by atoms with Gasteiger partial charge in [0.05, 0.1) is 29.1 Å². The summed E-state index contributed by atoms with van der Waals surface area (Å²) < 4.78 is 36.9. The fraction of sp³-hybridized carbons (Fsp3) is 0.100. The second kappa shape index (κ2) is 8.80. The lowest BCUT2D eigenvalue weighted by Crippen LogP contribution is -1.96. The lowest BCUT2D eigenvalue weighted by molar-refractivity contribution is 0.416. The van der Waals surface area contributed by atoms with Crippen molar-refractivity contribution in [3.8, 4) is 11.5 Å². The van der Waals surface area contributed by atoms with Gasteiger partial charge >= 0.3 is 0 Å². The molecule has 30 heavy (non-hydrogen) atoms. The first-order chi connectivity index (χ1) is 14.3. The zero-order chi connectivity index (χ0) is 21.7. The van der Waals surface area contributed by atoms with Gasteiger partial charge in [0.25, 0.3) is 10.1 Å². The number of hydrogen-bond acceptors (Lipinski definition) is 8. The number of rotatable bonds is 6. The van der Waals surface area contributed by atoms with Crippen LogP contribution in [0.1, 0.15) is 5.56 Å². The highest BCUT2D eigenvalue weighted by Crippen LogP contribution is 2.34. The van der Waals surface area contributed by atoms with E-state index in [2.05, 4.69) is 20.5 Å². The molecule has 2 N–H and O–H groups in total. The second-order valence-electron chi connectivity index (χ2n) is 6.20. The number of hydrogen-bond donors (Lipinski definition) is 2. The molecule has 0 fully saturated rings. The largest absolute Gasteiger partial charge is 0.508 e. The van der Waals surface area contributed by atoms with Crippen LogP contribution in [0.4, 0.5) is 22.7 Å². The molecule has 0 radical (unpaired) electrons. The van der Waals surface area contributed by atoms with Crippen molar-refractivity contribution in [1.82, 2.24) is 0 Å². The minimum absolute atomic E-state index is 0.154. The van der Waals surface area contributed by atoms with E-state index in [1.807, 2.05) is 6.92 Å². The molecule has 3 aromatic carbocycles. The molecule has 0 heterocycles. The van der Waals surface area contributed by atoms with Crippen LogP contribution in [-0.2, 0) is 10.1 Å². The lowest BCUT2D eigenvalue weighted by atomic mass is 10.2. The molecule has 0 aliphatic heterocycles. The van der Waals surface area contributed by atoms with E-state index >= 15 is 0 Å². The van der Waals surface area contributed by atoms with E-state index in [4.69, 9.17) is 9.29 Å². The van der Waals surface area contributed by atoms with Crippen molar-refractivity contribution in [3.63, 3.8) is 0 Å². The second-order valence-corrected chi connectivity index (χ2v) is 7.62. The number of benzene rings is 3. The van der Waals surface area contributed by atoms with Gasteiger partial charge in [-0.15, -0.1) is 5.11 Å². The number of phenolic OH excluding ortho intramolecular Hbond substituents is 1. The number of nitrogens with zero attached hydrogens (tertiary/aromatic N) is 4. The topological polar surface area (TPSA) is 133 Å². The Kier molecular flexibility index (Phi) is 6.19. The highest BCUT2D eigenvalue weighted by atomic mass is 32.2. The zero-order valence-electron chi connectivity index (χ0n) is 16.1. The fourth-order valence-corrected chi connectivity index (χ4v) is 3.01. The highest BCUT2D eigenvalue weighted by Gasteiger charge is 2.09. The van der Waals surface area contributed by atoms with Crippen molar-refractivity contribution < 1.29 is 22.8 Å². The molecular formula is C20H18N4O5S. The minimum Gasteiger partial charge on any atom is -0.508 e. The Morgan fingerprint density at radius 3 is 2.17 bits per heavy atom. The van der Waals surface area contributed by atoms with E-state index in [1.165, 1.54) is 31.4 Å². The van der Waals surface area contributed by atoms with Crippen LogP contribution >= 0.6 is 0 Å². The highest BCUT2D eigenvalue weighted by molar-refractivity contribution is 7.85. The van der Waals surface area contributed by atoms with Gasteiger partial charge in [-0.1, -0.05) is 6.07 Å². The maximum Gasteiger partial charge on any atom is 0.294 e. The first-order valence-electron chi connectivity index (χ1n) is 8.65. The van der Waals surface area contributed by atoms with Crippen LogP contribution in [0.3, 0.4) is 0 Å². The average Bonchev–Trinajstić information content (AvgIpc) is 2.71. The number of ether oxygens (including phenoxy) is 1. The van der Waals surface area contributed by atoms with Crippen LogP contribution in [0, 0.1) is 6.92 Å². The standard InChI is InChI=1S/C20H18N4O5S/c1-13-10-16(25)7-9-18(13)23-24-19-8-6-15(12-20(19)29-2)22-21-14-4-3-5-17(11-14)30(26,27)28/h3-12,25H,1-2H3,(H,26,27,28). The number of aryl methyl sites for hydroxylation is 1. The minimum atomic E-state index is -4.32. The van der Waals surface area contributed by atoms with Crippen molar-refractivity contribution >= 4 is 32.9 Å². The van der Waals surface area contributed by atoms with Crippen LogP contribution in [0.2, 0.25) is 0 Å². The molecule has 0 aliphatic carbocycles. The molecule has 0 bridgehead atoms. The van der Waals surface area contributed by atoms with Gasteiger partial charge < -0.3 is 9.84 Å². The Labute approximate surface area is 173 Å². The third-order valence-electron chi connectivity index (χ3n) is 4.01. The number of methoxy groups -OCH3 is 1. The molecule has 0 aliphatic rings. The molecule has 0 aromatic heterocycles. The van der Waals surface area contributed by atoms with E-state index in [0.717, 1.165) is 5.56 Å². The maximum atomic E-state index is 11.2. The van der Waals surface area contributed by atoms with E-state index in [9.17, 15) is 13.5 Å². The van der Waals surface area contributed by atoms with Crippen LogP contribution < -0.4 is 4.74 Å². The van der Waals surface area contributed by atoms with Crippen molar-refractivity contribution in [2.24, 2.45) is 20.5 Å². The van der Waals surface area contributed by atoms with Crippen LogP contribution in [0.15, 0.2) is 86.0 Å².